The third-order valence-corrected chi connectivity index (χ3v) is 4.24. The third kappa shape index (κ3) is 3.74. The van der Waals surface area contributed by atoms with Crippen LogP contribution in [0.2, 0.25) is 0 Å². The number of nitrogens with one attached hydrogen (secondary N) is 3. The molecule has 0 atom stereocenters. The van der Waals surface area contributed by atoms with Gasteiger partial charge in [0.15, 0.2) is 0 Å². The minimum atomic E-state index is -3.22. The molecule has 0 spiro atoms. The minimum Gasteiger partial charge on any atom is -0.379 e. The Morgan fingerprint density at radius 3 is 2.40 bits per heavy atom. The van der Waals surface area contributed by atoms with Gasteiger partial charge in [0.2, 0.25) is 10.0 Å². The lowest BCUT2D eigenvalue weighted by atomic mass is 10.2. The molecule has 1 heterocycles. The first kappa shape index (κ1) is 14.4. The van der Waals surface area contributed by atoms with Crippen molar-refractivity contribution in [2.24, 2.45) is 0 Å². The second kappa shape index (κ2) is 5.96. The van der Waals surface area contributed by atoms with Crippen molar-refractivity contribution in [3.05, 3.63) is 42.0 Å². The van der Waals surface area contributed by atoms with Crippen molar-refractivity contribution >= 4 is 21.4 Å². The number of aromatic amines is 1. The second-order valence-electron chi connectivity index (χ2n) is 4.41. The highest BCUT2D eigenvalue weighted by Crippen LogP contribution is 2.15. The third-order valence-electron chi connectivity index (χ3n) is 2.93. The van der Waals surface area contributed by atoms with E-state index in [0.29, 0.717) is 12.2 Å². The molecule has 2 aromatic rings. The summed E-state index contributed by atoms with van der Waals surface area (Å²) in [7, 11) is -3.22. The van der Waals surface area contributed by atoms with E-state index < -0.39 is 10.0 Å². The van der Waals surface area contributed by atoms with Gasteiger partial charge in [0.1, 0.15) is 0 Å². The number of H-pyrrole nitrogens is 1. The molecule has 1 aromatic heterocycles. The van der Waals surface area contributed by atoms with Gasteiger partial charge in [-0.2, -0.15) is 0 Å². The first-order valence-electron chi connectivity index (χ1n) is 6.33. The zero-order chi connectivity index (χ0) is 14.6. The number of aryl methyl sites for hydroxylation is 1. The van der Waals surface area contributed by atoms with Crippen LogP contribution in [0, 0.1) is 6.92 Å². The van der Waals surface area contributed by atoms with Gasteiger partial charge in [0.05, 0.1) is 24.3 Å². The lowest BCUT2D eigenvalue weighted by Crippen LogP contribution is -2.14. The molecule has 0 bridgehead atoms. The Kier molecular flexibility index (Phi) is 4.29. The number of rotatable bonds is 6. The van der Waals surface area contributed by atoms with Crippen LogP contribution in [-0.4, -0.2) is 24.1 Å². The fraction of sp³-hybridized carbons (Fsp3) is 0.308. The highest BCUT2D eigenvalue weighted by Gasteiger charge is 2.06. The summed E-state index contributed by atoms with van der Waals surface area (Å²) in [5, 5.41) is 3.23. The van der Waals surface area contributed by atoms with Crippen LogP contribution < -0.4 is 10.0 Å². The van der Waals surface area contributed by atoms with Crippen molar-refractivity contribution < 1.29 is 8.42 Å². The molecule has 0 unspecified atom stereocenters. The van der Waals surface area contributed by atoms with Crippen LogP contribution in [-0.2, 0) is 16.6 Å². The Labute approximate surface area is 118 Å². The SMILES string of the molecule is CCS(=O)(=O)Nc1ccc(NCc2nc[nH]c2C)cc1. The van der Waals surface area contributed by atoms with Crippen molar-refractivity contribution in [2.75, 3.05) is 15.8 Å². The fourth-order valence-electron chi connectivity index (χ4n) is 1.66. The van der Waals surface area contributed by atoms with Gasteiger partial charge in [-0.05, 0) is 38.1 Å². The molecule has 1 aromatic carbocycles. The number of sulfonamides is 1. The Morgan fingerprint density at radius 1 is 1.20 bits per heavy atom. The summed E-state index contributed by atoms with van der Waals surface area (Å²) >= 11 is 0. The predicted octanol–water partition coefficient (Wildman–Crippen LogP) is 2.09. The lowest BCUT2D eigenvalue weighted by Gasteiger charge is -2.08. The summed E-state index contributed by atoms with van der Waals surface area (Å²) in [6.45, 7) is 4.19. The van der Waals surface area contributed by atoms with Crippen LogP contribution >= 0.6 is 0 Å². The van der Waals surface area contributed by atoms with Gasteiger partial charge < -0.3 is 10.3 Å². The van der Waals surface area contributed by atoms with Gasteiger partial charge >= 0.3 is 0 Å². The molecule has 6 nitrogen and oxygen atoms in total. The maximum absolute atomic E-state index is 11.4. The normalized spacial score (nSPS) is 11.3. The van der Waals surface area contributed by atoms with Crippen molar-refractivity contribution in [3.8, 4) is 0 Å². The van der Waals surface area contributed by atoms with Gasteiger partial charge in [-0.3, -0.25) is 4.72 Å². The van der Waals surface area contributed by atoms with Crippen LogP contribution in [0.1, 0.15) is 18.3 Å². The number of imidazole rings is 1. The van der Waals surface area contributed by atoms with E-state index in [-0.39, 0.29) is 5.75 Å². The monoisotopic (exact) mass is 294 g/mol. The molecule has 0 saturated heterocycles. The van der Waals surface area contributed by atoms with Crippen LogP contribution in [0.4, 0.5) is 11.4 Å². The van der Waals surface area contributed by atoms with E-state index in [0.717, 1.165) is 17.1 Å². The van der Waals surface area contributed by atoms with Gasteiger partial charge in [0.25, 0.3) is 0 Å². The van der Waals surface area contributed by atoms with E-state index in [1.54, 1.807) is 25.4 Å². The molecule has 7 heteroatoms. The average Bonchev–Trinajstić information content (AvgIpc) is 2.83. The van der Waals surface area contributed by atoms with Gasteiger partial charge in [-0.1, -0.05) is 0 Å². The zero-order valence-electron chi connectivity index (χ0n) is 11.5. The molecule has 0 aliphatic rings. The molecule has 0 fully saturated rings. The van der Waals surface area contributed by atoms with Crippen molar-refractivity contribution in [2.45, 2.75) is 20.4 Å². The predicted molar refractivity (Wildman–Crippen MR) is 80.2 cm³/mol. The Morgan fingerprint density at radius 2 is 1.85 bits per heavy atom. The number of benzene rings is 1. The summed E-state index contributed by atoms with van der Waals surface area (Å²) < 4.78 is 25.4. The minimum absolute atomic E-state index is 0.0609. The van der Waals surface area contributed by atoms with E-state index >= 15 is 0 Å². The molecular weight excluding hydrogens is 276 g/mol. The summed E-state index contributed by atoms with van der Waals surface area (Å²) in [6.07, 6.45) is 1.66. The molecule has 0 aliphatic carbocycles. The summed E-state index contributed by atoms with van der Waals surface area (Å²) in [5.41, 5.74) is 3.46. The molecule has 20 heavy (non-hydrogen) atoms. The molecule has 0 amide bonds. The lowest BCUT2D eigenvalue weighted by molar-refractivity contribution is 0.602. The van der Waals surface area contributed by atoms with Gasteiger partial charge in [0, 0.05) is 17.1 Å². The van der Waals surface area contributed by atoms with Crippen LogP contribution in [0.3, 0.4) is 0 Å². The van der Waals surface area contributed by atoms with E-state index in [2.05, 4.69) is 20.0 Å². The summed E-state index contributed by atoms with van der Waals surface area (Å²) in [5.74, 6) is 0.0609. The molecule has 108 valence electrons. The first-order valence-corrected chi connectivity index (χ1v) is 7.98. The molecule has 0 saturated carbocycles. The maximum Gasteiger partial charge on any atom is 0.232 e. The maximum atomic E-state index is 11.4. The standard InChI is InChI=1S/C13H18N4O2S/c1-3-20(18,19)17-12-6-4-11(5-7-12)14-8-13-10(2)15-9-16-13/h4-7,9,14,17H,3,8H2,1-2H3,(H,15,16). The van der Waals surface area contributed by atoms with Gasteiger partial charge in [-0.25, -0.2) is 13.4 Å². The Balaban J connectivity index is 1.97. The molecule has 3 N–H and O–H groups in total. The van der Waals surface area contributed by atoms with Crippen LogP contribution in [0.25, 0.3) is 0 Å². The van der Waals surface area contributed by atoms with E-state index in [9.17, 15) is 8.42 Å². The Hall–Kier alpha value is -2.02. The van der Waals surface area contributed by atoms with Gasteiger partial charge in [-0.15, -0.1) is 0 Å². The molecule has 0 aliphatic heterocycles. The van der Waals surface area contributed by atoms with Crippen molar-refractivity contribution in [1.29, 1.82) is 0 Å². The van der Waals surface area contributed by atoms with E-state index in [1.807, 2.05) is 19.1 Å². The number of hydrogen-bond acceptors (Lipinski definition) is 4. The molecule has 0 radical (unpaired) electrons. The molecule has 2 rings (SSSR count). The number of hydrogen-bond donors (Lipinski definition) is 3. The highest BCUT2D eigenvalue weighted by atomic mass is 32.2. The Bertz CT molecular complexity index is 662. The van der Waals surface area contributed by atoms with E-state index in [1.165, 1.54) is 0 Å². The highest BCUT2D eigenvalue weighted by molar-refractivity contribution is 7.92. The first-order chi connectivity index (χ1) is 9.50. The summed E-state index contributed by atoms with van der Waals surface area (Å²) in [6, 6.07) is 7.12. The topological polar surface area (TPSA) is 86.9 Å². The number of nitrogens with zero attached hydrogens (tertiary/aromatic N) is 1. The average molecular weight is 294 g/mol. The fourth-order valence-corrected chi connectivity index (χ4v) is 2.30. The van der Waals surface area contributed by atoms with Crippen LogP contribution in [0.5, 0.6) is 0 Å². The van der Waals surface area contributed by atoms with Crippen LogP contribution in [0.15, 0.2) is 30.6 Å². The molecular formula is C13H18N4O2S. The number of anilines is 2. The zero-order valence-corrected chi connectivity index (χ0v) is 12.3. The summed E-state index contributed by atoms with van der Waals surface area (Å²) in [4.78, 5) is 7.22. The van der Waals surface area contributed by atoms with Crippen molar-refractivity contribution in [3.63, 3.8) is 0 Å². The van der Waals surface area contributed by atoms with E-state index in [4.69, 9.17) is 0 Å². The largest absolute Gasteiger partial charge is 0.379 e. The number of aromatic nitrogens is 2. The van der Waals surface area contributed by atoms with Crippen molar-refractivity contribution in [1.82, 2.24) is 9.97 Å². The quantitative estimate of drug-likeness (QED) is 0.761. The second-order valence-corrected chi connectivity index (χ2v) is 6.42. The smallest absolute Gasteiger partial charge is 0.232 e.